The van der Waals surface area contributed by atoms with Gasteiger partial charge in [-0.05, 0) is 12.8 Å². The number of hydrogen-bond acceptors (Lipinski definition) is 2. The Balaban J connectivity index is 2.49. The summed E-state index contributed by atoms with van der Waals surface area (Å²) in [7, 11) is 1.90. The van der Waals surface area contributed by atoms with Crippen molar-refractivity contribution in [1.82, 2.24) is 15.1 Å². The minimum Gasteiger partial charge on any atom is -0.310 e. The highest BCUT2D eigenvalue weighted by molar-refractivity contribution is 6.31. The van der Waals surface area contributed by atoms with E-state index in [2.05, 4.69) is 24.3 Å². The Morgan fingerprint density at radius 2 is 2.06 bits per heavy atom. The molecular formula is C11H19Cl2N3. The summed E-state index contributed by atoms with van der Waals surface area (Å²) in [6, 6.07) is 0. The molecule has 1 unspecified atom stereocenters. The van der Waals surface area contributed by atoms with Gasteiger partial charge >= 0.3 is 0 Å². The first kappa shape index (κ1) is 13.8. The molecule has 0 saturated heterocycles. The molecule has 1 atom stereocenters. The van der Waals surface area contributed by atoms with E-state index in [1.165, 1.54) is 0 Å². The van der Waals surface area contributed by atoms with E-state index in [0.29, 0.717) is 12.5 Å². The molecule has 1 rings (SSSR count). The number of alkyl halides is 1. The highest BCUT2D eigenvalue weighted by atomic mass is 35.5. The summed E-state index contributed by atoms with van der Waals surface area (Å²) < 4.78 is 1.81. The molecule has 5 heteroatoms. The van der Waals surface area contributed by atoms with E-state index < -0.39 is 0 Å². The number of nitrogens with one attached hydrogen (secondary N) is 1. The van der Waals surface area contributed by atoms with Crippen LogP contribution in [0.3, 0.4) is 0 Å². The summed E-state index contributed by atoms with van der Waals surface area (Å²) in [4.78, 5) is 0. The Bertz CT molecular complexity index is 347. The molecule has 16 heavy (non-hydrogen) atoms. The van der Waals surface area contributed by atoms with E-state index in [4.69, 9.17) is 23.2 Å². The minimum atomic E-state index is 0.146. The van der Waals surface area contributed by atoms with Gasteiger partial charge in [-0.15, -0.1) is 11.6 Å². The first-order valence-corrected chi connectivity index (χ1v) is 6.27. The number of rotatable bonds is 5. The van der Waals surface area contributed by atoms with E-state index in [1.54, 1.807) is 0 Å². The Labute approximate surface area is 107 Å². The molecule has 0 spiro atoms. The van der Waals surface area contributed by atoms with Crippen molar-refractivity contribution < 1.29 is 0 Å². The van der Waals surface area contributed by atoms with Crippen LogP contribution in [0.4, 0.5) is 0 Å². The van der Waals surface area contributed by atoms with Crippen molar-refractivity contribution in [2.24, 2.45) is 13.0 Å². The molecule has 0 fully saturated rings. The molecule has 0 aliphatic heterocycles. The number of aryl methyl sites for hydroxylation is 2. The molecule has 1 N–H and O–H groups in total. The molecule has 1 aromatic heterocycles. The molecule has 0 aliphatic carbocycles. The number of hydrogen-bond donors (Lipinski definition) is 1. The van der Waals surface area contributed by atoms with Crippen LogP contribution in [0, 0.1) is 12.8 Å². The van der Waals surface area contributed by atoms with Gasteiger partial charge < -0.3 is 5.32 Å². The largest absolute Gasteiger partial charge is 0.310 e. The fraction of sp³-hybridized carbons (Fsp3) is 0.727. The molecule has 0 aromatic carbocycles. The number of nitrogens with zero attached hydrogens (tertiary/aromatic N) is 2. The second-order valence-electron chi connectivity index (χ2n) is 4.36. The maximum absolute atomic E-state index is 6.15. The molecule has 92 valence electrons. The predicted octanol–water partition coefficient (Wildman–Crippen LogP) is 2.73. The summed E-state index contributed by atoms with van der Waals surface area (Å²) >= 11 is 12.3. The third kappa shape index (κ3) is 3.37. The fourth-order valence-corrected chi connectivity index (χ4v) is 1.77. The summed E-state index contributed by atoms with van der Waals surface area (Å²) in [5.41, 5.74) is 1.87. The highest BCUT2D eigenvalue weighted by Crippen LogP contribution is 2.19. The Hall–Kier alpha value is -0.250. The first-order valence-electron chi connectivity index (χ1n) is 5.46. The molecule has 0 amide bonds. The average molecular weight is 264 g/mol. The van der Waals surface area contributed by atoms with Gasteiger partial charge in [0.1, 0.15) is 0 Å². The van der Waals surface area contributed by atoms with Gasteiger partial charge in [0.25, 0.3) is 0 Å². The van der Waals surface area contributed by atoms with Crippen LogP contribution < -0.4 is 5.32 Å². The van der Waals surface area contributed by atoms with Gasteiger partial charge in [0, 0.05) is 25.5 Å². The molecule has 0 bridgehead atoms. The van der Waals surface area contributed by atoms with Crippen molar-refractivity contribution in [3.8, 4) is 0 Å². The second kappa shape index (κ2) is 5.89. The lowest BCUT2D eigenvalue weighted by Gasteiger charge is -2.14. The second-order valence-corrected chi connectivity index (χ2v) is 5.30. The SMILES string of the molecule is Cc1nn(C)c(CNCC(Cl)C(C)C)c1Cl. The maximum atomic E-state index is 6.15. The van der Waals surface area contributed by atoms with Gasteiger partial charge in [0.15, 0.2) is 0 Å². The monoisotopic (exact) mass is 263 g/mol. The number of aromatic nitrogens is 2. The van der Waals surface area contributed by atoms with Crippen molar-refractivity contribution in [2.45, 2.75) is 32.7 Å². The van der Waals surface area contributed by atoms with Crippen molar-refractivity contribution >= 4 is 23.2 Å². The average Bonchev–Trinajstić information content (AvgIpc) is 2.44. The van der Waals surface area contributed by atoms with Crippen molar-refractivity contribution in [3.05, 3.63) is 16.4 Å². The Morgan fingerprint density at radius 3 is 2.50 bits per heavy atom. The lowest BCUT2D eigenvalue weighted by Crippen LogP contribution is -2.27. The summed E-state index contributed by atoms with van der Waals surface area (Å²) in [5.74, 6) is 0.470. The van der Waals surface area contributed by atoms with Crippen LogP contribution >= 0.6 is 23.2 Å². The third-order valence-corrected chi connectivity index (χ3v) is 3.77. The predicted molar refractivity (Wildman–Crippen MR) is 69.1 cm³/mol. The maximum Gasteiger partial charge on any atom is 0.0860 e. The number of halogens is 2. The third-order valence-electron chi connectivity index (χ3n) is 2.62. The van der Waals surface area contributed by atoms with Crippen molar-refractivity contribution in [3.63, 3.8) is 0 Å². The van der Waals surface area contributed by atoms with Gasteiger partial charge in [-0.3, -0.25) is 4.68 Å². The van der Waals surface area contributed by atoms with Crippen LogP contribution in [0.2, 0.25) is 5.02 Å². The molecule has 3 nitrogen and oxygen atoms in total. The van der Waals surface area contributed by atoms with E-state index in [1.807, 2.05) is 18.7 Å². The van der Waals surface area contributed by atoms with E-state index >= 15 is 0 Å². The highest BCUT2D eigenvalue weighted by Gasteiger charge is 2.12. The Kier molecular flexibility index (Phi) is 5.09. The molecule has 1 aromatic rings. The zero-order valence-electron chi connectivity index (χ0n) is 10.2. The van der Waals surface area contributed by atoms with Crippen LogP contribution in [0.1, 0.15) is 25.2 Å². The van der Waals surface area contributed by atoms with E-state index in [9.17, 15) is 0 Å². The van der Waals surface area contributed by atoms with Crippen LogP contribution in [-0.4, -0.2) is 21.7 Å². The van der Waals surface area contributed by atoms with Gasteiger partial charge in [-0.2, -0.15) is 5.10 Å². The fourth-order valence-electron chi connectivity index (χ4n) is 1.44. The zero-order valence-corrected chi connectivity index (χ0v) is 11.7. The lowest BCUT2D eigenvalue weighted by atomic mass is 10.1. The Morgan fingerprint density at radius 1 is 1.44 bits per heavy atom. The van der Waals surface area contributed by atoms with Crippen molar-refractivity contribution in [2.75, 3.05) is 6.54 Å². The van der Waals surface area contributed by atoms with E-state index in [-0.39, 0.29) is 5.38 Å². The smallest absolute Gasteiger partial charge is 0.0860 e. The first-order chi connectivity index (χ1) is 7.43. The summed E-state index contributed by atoms with van der Waals surface area (Å²) in [6.07, 6.45) is 0. The standard InChI is InChI=1S/C11H19Cl2N3/c1-7(2)9(12)5-14-6-10-11(13)8(3)15-16(10)4/h7,9,14H,5-6H2,1-4H3. The van der Waals surface area contributed by atoms with Gasteiger partial charge in [0.2, 0.25) is 0 Å². The zero-order chi connectivity index (χ0) is 12.3. The molecule has 1 heterocycles. The van der Waals surface area contributed by atoms with Crippen LogP contribution in [0.5, 0.6) is 0 Å². The summed E-state index contributed by atoms with van der Waals surface area (Å²) in [5, 5.41) is 8.44. The van der Waals surface area contributed by atoms with Gasteiger partial charge in [-0.25, -0.2) is 0 Å². The van der Waals surface area contributed by atoms with Crippen LogP contribution in [0.15, 0.2) is 0 Å². The topological polar surface area (TPSA) is 29.9 Å². The van der Waals surface area contributed by atoms with Gasteiger partial charge in [0.05, 0.1) is 16.4 Å². The van der Waals surface area contributed by atoms with Crippen molar-refractivity contribution in [1.29, 1.82) is 0 Å². The summed E-state index contributed by atoms with van der Waals surface area (Å²) in [6.45, 7) is 7.61. The molecule has 0 aliphatic rings. The lowest BCUT2D eigenvalue weighted by molar-refractivity contribution is 0.535. The molecule has 0 saturated carbocycles. The molecule has 0 radical (unpaired) electrons. The normalized spacial score (nSPS) is 13.4. The van der Waals surface area contributed by atoms with Crippen LogP contribution in [-0.2, 0) is 13.6 Å². The molecular weight excluding hydrogens is 245 g/mol. The van der Waals surface area contributed by atoms with Gasteiger partial charge in [-0.1, -0.05) is 25.4 Å². The van der Waals surface area contributed by atoms with Crippen LogP contribution in [0.25, 0.3) is 0 Å². The van der Waals surface area contributed by atoms with E-state index in [0.717, 1.165) is 23.0 Å². The quantitative estimate of drug-likeness (QED) is 0.829. The minimum absolute atomic E-state index is 0.146.